The summed E-state index contributed by atoms with van der Waals surface area (Å²) in [5, 5.41) is 3.27. The normalized spacial score (nSPS) is 23.5. The predicted octanol–water partition coefficient (Wildman–Crippen LogP) is 3.85. The first kappa shape index (κ1) is 15.9. The van der Waals surface area contributed by atoms with E-state index in [1.165, 1.54) is 31.2 Å². The molecule has 0 aromatic heterocycles. The maximum Gasteiger partial charge on any atom is 0.220 e. The van der Waals surface area contributed by atoms with Crippen LogP contribution in [-0.4, -0.2) is 11.9 Å². The number of rotatable bonds is 5. The average molecular weight is 288 g/mol. The highest BCUT2D eigenvalue weighted by Gasteiger charge is 2.25. The molecule has 3 unspecified atom stereocenters. The quantitative estimate of drug-likeness (QED) is 0.809. The molecule has 0 spiro atoms. The fourth-order valence-corrected chi connectivity index (χ4v) is 3.37. The number of carbonyl (C=O) groups is 1. The molecule has 1 saturated carbocycles. The average Bonchev–Trinajstić information content (AvgIpc) is 2.48. The van der Waals surface area contributed by atoms with E-state index in [2.05, 4.69) is 19.2 Å². The molecule has 1 aromatic carbocycles. The van der Waals surface area contributed by atoms with Gasteiger partial charge in [-0.05, 0) is 42.4 Å². The molecule has 0 bridgehead atoms. The van der Waals surface area contributed by atoms with Crippen LogP contribution in [0.15, 0.2) is 24.3 Å². The summed E-state index contributed by atoms with van der Waals surface area (Å²) in [6, 6.07) is 8.22. The van der Waals surface area contributed by atoms with Gasteiger partial charge >= 0.3 is 0 Å². The van der Waals surface area contributed by atoms with Crippen molar-refractivity contribution < 1.29 is 4.79 Å². The minimum atomic E-state index is 0.185. The summed E-state index contributed by atoms with van der Waals surface area (Å²) in [5.41, 5.74) is 7.65. The highest BCUT2D eigenvalue weighted by molar-refractivity contribution is 5.77. The second-order valence-electron chi connectivity index (χ2n) is 6.40. The van der Waals surface area contributed by atoms with Gasteiger partial charge in [0.2, 0.25) is 5.91 Å². The molecule has 21 heavy (non-hydrogen) atoms. The number of nitrogens with two attached hydrogens (primary N) is 1. The molecule has 0 radical (unpaired) electrons. The van der Waals surface area contributed by atoms with Crippen molar-refractivity contribution in [1.29, 1.82) is 0 Å². The van der Waals surface area contributed by atoms with Crippen LogP contribution in [0.5, 0.6) is 0 Å². The molecule has 1 aliphatic carbocycles. The van der Waals surface area contributed by atoms with Crippen molar-refractivity contribution in [3.8, 4) is 0 Å². The van der Waals surface area contributed by atoms with Crippen LogP contribution in [0.2, 0.25) is 0 Å². The van der Waals surface area contributed by atoms with Gasteiger partial charge in [0, 0.05) is 18.2 Å². The van der Waals surface area contributed by atoms with Crippen LogP contribution in [0.25, 0.3) is 0 Å². The van der Waals surface area contributed by atoms with Gasteiger partial charge in [0.15, 0.2) is 0 Å². The van der Waals surface area contributed by atoms with Gasteiger partial charge in [-0.1, -0.05) is 45.2 Å². The van der Waals surface area contributed by atoms with Gasteiger partial charge in [-0.15, -0.1) is 0 Å². The van der Waals surface area contributed by atoms with Gasteiger partial charge in [0.1, 0.15) is 0 Å². The lowest BCUT2D eigenvalue weighted by molar-refractivity contribution is -0.122. The fourth-order valence-electron chi connectivity index (χ4n) is 3.37. The van der Waals surface area contributed by atoms with Crippen LogP contribution in [0.1, 0.15) is 63.9 Å². The zero-order valence-corrected chi connectivity index (χ0v) is 13.3. The molecule has 1 aromatic rings. The van der Waals surface area contributed by atoms with Gasteiger partial charge in [0.25, 0.3) is 0 Å². The standard InChI is InChI=1S/C18H28N2O/c1-3-14-6-4-5-7-17(14)20-18(21)12-13(2)15-8-10-16(19)11-9-15/h8-11,13-14,17H,3-7,12,19H2,1-2H3,(H,20,21). The van der Waals surface area contributed by atoms with E-state index in [0.29, 0.717) is 18.4 Å². The molecule has 1 aliphatic rings. The Hall–Kier alpha value is -1.51. The first-order chi connectivity index (χ1) is 10.1. The Labute approximate surface area is 128 Å². The Morgan fingerprint density at radius 1 is 1.29 bits per heavy atom. The number of hydrogen-bond acceptors (Lipinski definition) is 2. The molecule has 2 rings (SSSR count). The van der Waals surface area contributed by atoms with Crippen molar-refractivity contribution in [1.82, 2.24) is 5.32 Å². The molecule has 1 fully saturated rings. The van der Waals surface area contributed by atoms with E-state index in [9.17, 15) is 4.79 Å². The van der Waals surface area contributed by atoms with Crippen molar-refractivity contribution in [2.45, 2.75) is 64.3 Å². The Kier molecular flexibility index (Phi) is 5.66. The van der Waals surface area contributed by atoms with Gasteiger partial charge in [-0.25, -0.2) is 0 Å². The van der Waals surface area contributed by atoms with Crippen molar-refractivity contribution >= 4 is 11.6 Å². The molecule has 0 heterocycles. The number of benzene rings is 1. The van der Waals surface area contributed by atoms with E-state index >= 15 is 0 Å². The summed E-state index contributed by atoms with van der Waals surface area (Å²) >= 11 is 0. The second-order valence-corrected chi connectivity index (χ2v) is 6.40. The highest BCUT2D eigenvalue weighted by Crippen LogP contribution is 2.27. The third-order valence-corrected chi connectivity index (χ3v) is 4.78. The van der Waals surface area contributed by atoms with E-state index in [4.69, 9.17) is 5.73 Å². The molecule has 3 N–H and O–H groups in total. The third kappa shape index (κ3) is 4.48. The summed E-state index contributed by atoms with van der Waals surface area (Å²) < 4.78 is 0. The Bertz CT molecular complexity index is 455. The first-order valence-electron chi connectivity index (χ1n) is 8.25. The lowest BCUT2D eigenvalue weighted by Gasteiger charge is -2.31. The second kappa shape index (κ2) is 7.48. The molecular weight excluding hydrogens is 260 g/mol. The molecule has 1 amide bonds. The zero-order valence-electron chi connectivity index (χ0n) is 13.3. The van der Waals surface area contributed by atoms with E-state index in [-0.39, 0.29) is 11.8 Å². The predicted molar refractivity (Wildman–Crippen MR) is 88.1 cm³/mol. The molecule has 116 valence electrons. The van der Waals surface area contributed by atoms with Crippen molar-refractivity contribution in [3.05, 3.63) is 29.8 Å². The molecule has 0 aliphatic heterocycles. The number of carbonyl (C=O) groups excluding carboxylic acids is 1. The van der Waals surface area contributed by atoms with E-state index < -0.39 is 0 Å². The topological polar surface area (TPSA) is 55.1 Å². The molecule has 3 nitrogen and oxygen atoms in total. The summed E-state index contributed by atoms with van der Waals surface area (Å²) in [5.74, 6) is 1.08. The summed E-state index contributed by atoms with van der Waals surface area (Å²) in [6.07, 6.45) is 6.67. The smallest absolute Gasteiger partial charge is 0.220 e. The first-order valence-corrected chi connectivity index (χ1v) is 8.25. The summed E-state index contributed by atoms with van der Waals surface area (Å²) in [4.78, 5) is 12.3. The van der Waals surface area contributed by atoms with Gasteiger partial charge in [-0.2, -0.15) is 0 Å². The van der Waals surface area contributed by atoms with Crippen molar-refractivity contribution in [2.75, 3.05) is 5.73 Å². The number of amides is 1. The maximum absolute atomic E-state index is 12.3. The Morgan fingerprint density at radius 2 is 1.95 bits per heavy atom. The van der Waals surface area contributed by atoms with Gasteiger partial charge in [0.05, 0.1) is 0 Å². The number of nitrogen functional groups attached to an aromatic ring is 1. The van der Waals surface area contributed by atoms with Crippen LogP contribution >= 0.6 is 0 Å². The van der Waals surface area contributed by atoms with Gasteiger partial charge < -0.3 is 11.1 Å². The molecular formula is C18H28N2O. The lowest BCUT2D eigenvalue weighted by Crippen LogP contribution is -2.42. The van der Waals surface area contributed by atoms with Gasteiger partial charge in [-0.3, -0.25) is 4.79 Å². The summed E-state index contributed by atoms with van der Waals surface area (Å²) in [6.45, 7) is 4.33. The van der Waals surface area contributed by atoms with E-state index in [0.717, 1.165) is 12.1 Å². The zero-order chi connectivity index (χ0) is 15.2. The van der Waals surface area contributed by atoms with E-state index in [1.54, 1.807) is 0 Å². The third-order valence-electron chi connectivity index (χ3n) is 4.78. The van der Waals surface area contributed by atoms with Crippen LogP contribution in [0.4, 0.5) is 5.69 Å². The van der Waals surface area contributed by atoms with Crippen molar-refractivity contribution in [2.24, 2.45) is 5.92 Å². The molecule has 3 heteroatoms. The maximum atomic E-state index is 12.3. The van der Waals surface area contributed by atoms with Crippen molar-refractivity contribution in [3.63, 3.8) is 0 Å². The minimum Gasteiger partial charge on any atom is -0.399 e. The number of anilines is 1. The molecule has 3 atom stereocenters. The SMILES string of the molecule is CCC1CCCCC1NC(=O)CC(C)c1ccc(N)cc1. The van der Waals surface area contributed by atoms with E-state index in [1.807, 2.05) is 24.3 Å². The highest BCUT2D eigenvalue weighted by atomic mass is 16.1. The van der Waals surface area contributed by atoms with Crippen LogP contribution < -0.4 is 11.1 Å². The molecule has 0 saturated heterocycles. The van der Waals surface area contributed by atoms with Crippen LogP contribution in [-0.2, 0) is 4.79 Å². The largest absolute Gasteiger partial charge is 0.399 e. The Morgan fingerprint density at radius 3 is 2.62 bits per heavy atom. The fraction of sp³-hybridized carbons (Fsp3) is 0.611. The number of nitrogens with one attached hydrogen (secondary N) is 1. The summed E-state index contributed by atoms with van der Waals surface area (Å²) in [7, 11) is 0. The monoisotopic (exact) mass is 288 g/mol. The lowest BCUT2D eigenvalue weighted by atomic mass is 9.82. The van der Waals surface area contributed by atoms with Crippen LogP contribution in [0.3, 0.4) is 0 Å². The van der Waals surface area contributed by atoms with Crippen LogP contribution in [0, 0.1) is 5.92 Å². The minimum absolute atomic E-state index is 0.185. The Balaban J connectivity index is 1.87. The number of hydrogen-bond donors (Lipinski definition) is 2.